The topological polar surface area (TPSA) is 91.4 Å². The Morgan fingerprint density at radius 1 is 1.21 bits per heavy atom. The van der Waals surface area contributed by atoms with Crippen molar-refractivity contribution in [1.29, 1.82) is 0 Å². The molecule has 2 aromatic carbocycles. The van der Waals surface area contributed by atoms with Crippen LogP contribution in [0.25, 0.3) is 0 Å². The summed E-state index contributed by atoms with van der Waals surface area (Å²) in [6.45, 7) is 9.27. The second-order valence-corrected chi connectivity index (χ2v) is 11.6. The highest BCUT2D eigenvalue weighted by Crippen LogP contribution is 2.40. The summed E-state index contributed by atoms with van der Waals surface area (Å²) in [5, 5.41) is 8.82. The smallest absolute Gasteiger partial charge is 0.383 e. The lowest BCUT2D eigenvalue weighted by Gasteiger charge is -2.33. The van der Waals surface area contributed by atoms with Crippen molar-refractivity contribution in [1.82, 2.24) is 14.9 Å². The van der Waals surface area contributed by atoms with Crippen molar-refractivity contribution in [2.75, 3.05) is 49.3 Å². The average molecular weight is 583 g/mol. The average Bonchev–Trinajstić information content (AvgIpc) is 3.19. The van der Waals surface area contributed by atoms with E-state index in [2.05, 4.69) is 43.0 Å². The summed E-state index contributed by atoms with van der Waals surface area (Å²) >= 11 is 0. The number of fused-ring (bicyclic) bond motifs is 1. The molecule has 11 heteroatoms. The second kappa shape index (κ2) is 11.9. The normalized spacial score (nSPS) is 18.5. The molecule has 0 saturated carbocycles. The molecule has 5 rings (SSSR count). The summed E-state index contributed by atoms with van der Waals surface area (Å²) in [6.07, 6.45) is -1.62. The Bertz CT molecular complexity index is 1460. The van der Waals surface area contributed by atoms with E-state index in [1.807, 2.05) is 13.0 Å². The summed E-state index contributed by atoms with van der Waals surface area (Å²) in [7, 11) is 1.71. The maximum Gasteiger partial charge on any atom is 0.421 e. The Morgan fingerprint density at radius 2 is 2.02 bits per heavy atom. The zero-order chi connectivity index (χ0) is 30.1. The van der Waals surface area contributed by atoms with Crippen LogP contribution in [0.5, 0.6) is 0 Å². The molecule has 2 aliphatic heterocycles. The molecular weight excluding hydrogens is 545 g/mol. The lowest BCUT2D eigenvalue weighted by atomic mass is 9.83. The number of ether oxygens (including phenoxy) is 1. The molecule has 1 fully saturated rings. The quantitative estimate of drug-likeness (QED) is 0.276. The van der Waals surface area contributed by atoms with E-state index in [0.29, 0.717) is 23.8 Å². The number of rotatable bonds is 9. The van der Waals surface area contributed by atoms with Crippen molar-refractivity contribution in [2.45, 2.75) is 57.7 Å². The molecule has 1 amide bonds. The van der Waals surface area contributed by atoms with Gasteiger partial charge in [0, 0.05) is 44.3 Å². The number of nitrogens with one attached hydrogen (secondary N) is 3. The summed E-state index contributed by atoms with van der Waals surface area (Å²) in [6, 6.07) is 11.5. The first-order chi connectivity index (χ1) is 20.0. The number of alkyl halides is 3. The Kier molecular flexibility index (Phi) is 8.43. The molecule has 3 heterocycles. The van der Waals surface area contributed by atoms with E-state index in [0.717, 1.165) is 55.5 Å². The molecule has 1 aromatic heterocycles. The molecular formula is C31H37F3N6O2. The number of aryl methyl sites for hydroxylation is 1. The van der Waals surface area contributed by atoms with Crippen molar-refractivity contribution in [3.8, 4) is 0 Å². The predicted molar refractivity (Wildman–Crippen MR) is 157 cm³/mol. The summed E-state index contributed by atoms with van der Waals surface area (Å²) < 4.78 is 46.9. The van der Waals surface area contributed by atoms with Crippen molar-refractivity contribution in [3.63, 3.8) is 0 Å². The number of carbonyl (C=O) groups is 1. The van der Waals surface area contributed by atoms with E-state index in [-0.39, 0.29) is 24.2 Å². The molecule has 3 aromatic rings. The van der Waals surface area contributed by atoms with E-state index in [1.54, 1.807) is 39.2 Å². The Balaban J connectivity index is 1.35. The van der Waals surface area contributed by atoms with Gasteiger partial charge in [0.15, 0.2) is 0 Å². The van der Waals surface area contributed by atoms with Crippen LogP contribution in [0.2, 0.25) is 0 Å². The number of aromatic nitrogens is 2. The molecule has 0 bridgehead atoms. The van der Waals surface area contributed by atoms with Gasteiger partial charge in [0.05, 0.1) is 12.0 Å². The Morgan fingerprint density at radius 3 is 2.76 bits per heavy atom. The van der Waals surface area contributed by atoms with Crippen LogP contribution < -0.4 is 16.0 Å². The molecule has 224 valence electrons. The number of carbonyl (C=O) groups excluding carboxylic acids is 1. The number of piperidine rings is 1. The van der Waals surface area contributed by atoms with Crippen molar-refractivity contribution in [3.05, 3.63) is 70.4 Å². The standard InChI is InChI=1S/C31H37F3N6O2/c1-19-15-20(22-8-6-12-40(18-22)13-14-42-4)10-11-24(19)38-29-36-17-23(31(32,33)34)27(39-29)35-16-21-7-5-9-25-26(21)30(2,3)28(41)37-25/h5,7,9-11,15,17,22H,6,8,12-14,16,18H2,1-4H3,(H,37,41)(H2,35,36,38,39). The maximum absolute atomic E-state index is 13.9. The first-order valence-corrected chi connectivity index (χ1v) is 14.2. The van der Waals surface area contributed by atoms with Crippen LogP contribution in [0.4, 0.5) is 36.3 Å². The first kappa shape index (κ1) is 29.8. The van der Waals surface area contributed by atoms with Gasteiger partial charge in [-0.05, 0) is 80.5 Å². The van der Waals surface area contributed by atoms with Gasteiger partial charge in [-0.25, -0.2) is 4.98 Å². The lowest BCUT2D eigenvalue weighted by Crippen LogP contribution is -2.36. The molecule has 3 N–H and O–H groups in total. The van der Waals surface area contributed by atoms with Gasteiger partial charge in [0.2, 0.25) is 11.9 Å². The highest BCUT2D eigenvalue weighted by molar-refractivity contribution is 6.06. The highest BCUT2D eigenvalue weighted by Gasteiger charge is 2.40. The number of hydrogen-bond acceptors (Lipinski definition) is 7. The molecule has 0 radical (unpaired) electrons. The number of benzene rings is 2. The van der Waals surface area contributed by atoms with Gasteiger partial charge < -0.3 is 25.6 Å². The van der Waals surface area contributed by atoms with E-state index < -0.39 is 17.2 Å². The van der Waals surface area contributed by atoms with Crippen LogP contribution >= 0.6 is 0 Å². The SMILES string of the molecule is COCCN1CCCC(c2ccc(Nc3ncc(C(F)(F)F)c(NCc4cccc5c4C(C)(C)C(=O)N5)n3)c(C)c2)C1. The van der Waals surface area contributed by atoms with Gasteiger partial charge in [-0.3, -0.25) is 4.79 Å². The monoisotopic (exact) mass is 582 g/mol. The predicted octanol–water partition coefficient (Wildman–Crippen LogP) is 6.22. The minimum Gasteiger partial charge on any atom is -0.383 e. The number of likely N-dealkylation sites (tertiary alicyclic amines) is 1. The fourth-order valence-electron chi connectivity index (χ4n) is 5.90. The third kappa shape index (κ3) is 6.22. The van der Waals surface area contributed by atoms with Crippen LogP contribution in [0.15, 0.2) is 42.6 Å². The molecule has 0 spiro atoms. The lowest BCUT2D eigenvalue weighted by molar-refractivity contribution is -0.137. The summed E-state index contributed by atoms with van der Waals surface area (Å²) in [5.74, 6) is -0.0142. The van der Waals surface area contributed by atoms with Crippen LogP contribution in [0, 0.1) is 6.92 Å². The molecule has 42 heavy (non-hydrogen) atoms. The zero-order valence-corrected chi connectivity index (χ0v) is 24.4. The molecule has 0 aliphatic carbocycles. The van der Waals surface area contributed by atoms with Crippen LogP contribution in [0.3, 0.4) is 0 Å². The third-order valence-electron chi connectivity index (χ3n) is 8.22. The molecule has 2 aliphatic rings. The fraction of sp³-hybridized carbons (Fsp3) is 0.452. The van der Waals surface area contributed by atoms with Crippen molar-refractivity contribution < 1.29 is 22.7 Å². The summed E-state index contributed by atoms with van der Waals surface area (Å²) in [5.41, 5.74) is 3.30. The number of amides is 1. The fourth-order valence-corrected chi connectivity index (χ4v) is 5.90. The van der Waals surface area contributed by atoms with E-state index in [4.69, 9.17) is 4.74 Å². The number of anilines is 4. The largest absolute Gasteiger partial charge is 0.421 e. The second-order valence-electron chi connectivity index (χ2n) is 11.6. The van der Waals surface area contributed by atoms with E-state index in [9.17, 15) is 18.0 Å². The van der Waals surface area contributed by atoms with Crippen LogP contribution in [0.1, 0.15) is 60.4 Å². The zero-order valence-electron chi connectivity index (χ0n) is 24.4. The van der Waals surface area contributed by atoms with Crippen molar-refractivity contribution in [2.24, 2.45) is 0 Å². The van der Waals surface area contributed by atoms with Gasteiger partial charge in [0.1, 0.15) is 11.4 Å². The maximum atomic E-state index is 13.9. The van der Waals surface area contributed by atoms with Crippen LogP contribution in [-0.4, -0.2) is 54.1 Å². The van der Waals surface area contributed by atoms with E-state index >= 15 is 0 Å². The third-order valence-corrected chi connectivity index (χ3v) is 8.22. The van der Waals surface area contributed by atoms with Crippen molar-refractivity contribution >= 4 is 29.0 Å². The van der Waals surface area contributed by atoms with Gasteiger partial charge >= 0.3 is 6.18 Å². The first-order valence-electron chi connectivity index (χ1n) is 14.2. The van der Waals surface area contributed by atoms with Gasteiger partial charge in [-0.1, -0.05) is 24.3 Å². The van der Waals surface area contributed by atoms with Crippen LogP contribution in [-0.2, 0) is 27.7 Å². The Labute approximate surface area is 244 Å². The highest BCUT2D eigenvalue weighted by atomic mass is 19.4. The number of nitrogens with zero attached hydrogens (tertiary/aromatic N) is 3. The van der Waals surface area contributed by atoms with Gasteiger partial charge in [0.25, 0.3) is 0 Å². The Hall–Kier alpha value is -3.70. The molecule has 8 nitrogen and oxygen atoms in total. The van der Waals surface area contributed by atoms with Gasteiger partial charge in [-0.2, -0.15) is 18.2 Å². The molecule has 1 atom stereocenters. The molecule has 1 unspecified atom stereocenters. The minimum absolute atomic E-state index is 0.0532. The number of hydrogen-bond donors (Lipinski definition) is 3. The minimum atomic E-state index is -4.65. The van der Waals surface area contributed by atoms with E-state index in [1.165, 1.54) is 5.56 Å². The van der Waals surface area contributed by atoms with Gasteiger partial charge in [-0.15, -0.1) is 0 Å². The number of methoxy groups -OCH3 is 1. The number of halogens is 3. The summed E-state index contributed by atoms with van der Waals surface area (Å²) in [4.78, 5) is 23.1. The molecule has 1 saturated heterocycles.